The Hall–Kier alpha value is -3.30. The molecule has 0 atom stereocenters. The van der Waals surface area contributed by atoms with Gasteiger partial charge in [-0.2, -0.15) is 13.9 Å². The van der Waals surface area contributed by atoms with Gasteiger partial charge in [-0.1, -0.05) is 0 Å². The van der Waals surface area contributed by atoms with Crippen LogP contribution in [0, 0.1) is 5.82 Å². The Bertz CT molecular complexity index is 1050. The maximum Gasteiger partial charge on any atom is 0.333 e. The van der Waals surface area contributed by atoms with Gasteiger partial charge >= 0.3 is 6.55 Å². The van der Waals surface area contributed by atoms with E-state index in [-0.39, 0.29) is 17.2 Å². The first kappa shape index (κ1) is 19.0. The minimum Gasteiger partial charge on any atom is -0.496 e. The van der Waals surface area contributed by atoms with Crippen LogP contribution in [0.2, 0.25) is 0 Å². The molecule has 0 unspecified atom stereocenters. The molecule has 0 N–H and O–H groups in total. The lowest BCUT2D eigenvalue weighted by Gasteiger charge is -2.21. The number of ether oxygens (including phenoxy) is 1. The molecule has 29 heavy (non-hydrogen) atoms. The SMILES string of the molecule is COc1cc(F)ccc1C(=O)N1CCc2ncc(-c3cnn(C(F)F)c3)n2CC1. The number of hydrogen-bond acceptors (Lipinski definition) is 4. The van der Waals surface area contributed by atoms with Gasteiger partial charge in [-0.05, 0) is 12.1 Å². The van der Waals surface area contributed by atoms with Crippen LogP contribution in [-0.4, -0.2) is 50.3 Å². The van der Waals surface area contributed by atoms with Gasteiger partial charge in [-0.15, -0.1) is 0 Å². The normalized spacial score (nSPS) is 14.0. The van der Waals surface area contributed by atoms with Crippen LogP contribution in [0.1, 0.15) is 22.7 Å². The molecule has 7 nitrogen and oxygen atoms in total. The van der Waals surface area contributed by atoms with Crippen molar-refractivity contribution in [2.75, 3.05) is 20.2 Å². The fourth-order valence-electron chi connectivity index (χ4n) is 3.45. The molecule has 3 aromatic rings. The molecule has 0 aliphatic carbocycles. The Morgan fingerprint density at radius 1 is 1.21 bits per heavy atom. The minimum atomic E-state index is -2.71. The summed E-state index contributed by atoms with van der Waals surface area (Å²) in [7, 11) is 1.38. The zero-order valence-electron chi connectivity index (χ0n) is 15.6. The molecular formula is C19H18F3N5O2. The summed E-state index contributed by atoms with van der Waals surface area (Å²) in [6.45, 7) is -1.46. The molecule has 0 saturated heterocycles. The number of alkyl halides is 2. The van der Waals surface area contributed by atoms with Gasteiger partial charge in [0.1, 0.15) is 17.4 Å². The van der Waals surface area contributed by atoms with E-state index in [2.05, 4.69) is 10.1 Å². The van der Waals surface area contributed by atoms with Crippen molar-refractivity contribution in [3.8, 4) is 17.0 Å². The first-order valence-electron chi connectivity index (χ1n) is 8.98. The molecule has 152 valence electrons. The maximum atomic E-state index is 13.4. The molecule has 3 heterocycles. The molecule has 0 spiro atoms. The number of imidazole rings is 1. The molecule has 1 aromatic carbocycles. The summed E-state index contributed by atoms with van der Waals surface area (Å²) in [5.74, 6) is 0.186. The van der Waals surface area contributed by atoms with Gasteiger partial charge in [0, 0.05) is 43.9 Å². The van der Waals surface area contributed by atoms with Gasteiger partial charge in [-0.3, -0.25) is 4.79 Å². The van der Waals surface area contributed by atoms with E-state index in [0.29, 0.717) is 42.0 Å². The molecule has 0 radical (unpaired) electrons. The Labute approximate surface area is 164 Å². The summed E-state index contributed by atoms with van der Waals surface area (Å²) >= 11 is 0. The highest BCUT2D eigenvalue weighted by molar-refractivity contribution is 5.97. The summed E-state index contributed by atoms with van der Waals surface area (Å²) < 4.78 is 46.7. The van der Waals surface area contributed by atoms with E-state index in [0.717, 1.165) is 5.82 Å². The van der Waals surface area contributed by atoms with Crippen molar-refractivity contribution in [3.63, 3.8) is 0 Å². The van der Waals surface area contributed by atoms with Crippen molar-refractivity contribution < 1.29 is 22.7 Å². The van der Waals surface area contributed by atoms with E-state index in [9.17, 15) is 18.0 Å². The number of aromatic nitrogens is 4. The lowest BCUT2D eigenvalue weighted by molar-refractivity contribution is 0.0566. The maximum absolute atomic E-state index is 13.4. The number of fused-ring (bicyclic) bond motifs is 1. The van der Waals surface area contributed by atoms with Crippen molar-refractivity contribution in [3.05, 3.63) is 54.0 Å². The van der Waals surface area contributed by atoms with E-state index in [4.69, 9.17) is 4.74 Å². The standard InChI is InChI=1S/C19H18F3N5O2/c1-29-16-8-13(20)2-3-14(16)18(28)25-5-4-17-23-10-15(26(17)7-6-25)12-9-24-27(11-12)19(21)22/h2-3,8-11,19H,4-7H2,1H3. The molecule has 1 aliphatic rings. The third-order valence-electron chi connectivity index (χ3n) is 4.92. The largest absolute Gasteiger partial charge is 0.496 e. The van der Waals surface area contributed by atoms with E-state index in [1.54, 1.807) is 11.1 Å². The number of hydrogen-bond donors (Lipinski definition) is 0. The highest BCUT2D eigenvalue weighted by Gasteiger charge is 2.25. The topological polar surface area (TPSA) is 65.2 Å². The average Bonchev–Trinajstić information content (AvgIpc) is 3.30. The van der Waals surface area contributed by atoms with Gasteiger partial charge in [0.25, 0.3) is 5.91 Å². The van der Waals surface area contributed by atoms with Gasteiger partial charge in [-0.25, -0.2) is 14.1 Å². The summed E-state index contributed by atoms with van der Waals surface area (Å²) in [6, 6.07) is 3.80. The number of carbonyl (C=O) groups is 1. The highest BCUT2D eigenvalue weighted by Crippen LogP contribution is 2.26. The second kappa shape index (κ2) is 7.61. The first-order valence-corrected chi connectivity index (χ1v) is 8.98. The molecule has 2 aromatic heterocycles. The predicted octanol–water partition coefficient (Wildman–Crippen LogP) is 2.99. The number of benzene rings is 1. The van der Waals surface area contributed by atoms with Crippen molar-refractivity contribution in [2.24, 2.45) is 0 Å². The molecule has 0 bridgehead atoms. The molecule has 0 fully saturated rings. The van der Waals surface area contributed by atoms with Crippen molar-refractivity contribution >= 4 is 5.91 Å². The summed E-state index contributed by atoms with van der Waals surface area (Å²) in [6.07, 6.45) is 4.76. The van der Waals surface area contributed by atoms with Gasteiger partial charge in [0.15, 0.2) is 0 Å². The van der Waals surface area contributed by atoms with Crippen LogP contribution in [0.25, 0.3) is 11.3 Å². The van der Waals surface area contributed by atoms with Gasteiger partial charge in [0.05, 0.1) is 30.8 Å². The Morgan fingerprint density at radius 3 is 2.76 bits per heavy atom. The summed E-state index contributed by atoms with van der Waals surface area (Å²) in [5.41, 5.74) is 1.48. The number of methoxy groups -OCH3 is 1. The van der Waals surface area contributed by atoms with E-state index in [1.165, 1.54) is 37.7 Å². The highest BCUT2D eigenvalue weighted by atomic mass is 19.3. The molecule has 4 rings (SSSR count). The third kappa shape index (κ3) is 3.57. The Kier molecular flexibility index (Phi) is 4.99. The predicted molar refractivity (Wildman–Crippen MR) is 97.3 cm³/mol. The average molecular weight is 405 g/mol. The van der Waals surface area contributed by atoms with E-state index in [1.807, 2.05) is 4.57 Å². The van der Waals surface area contributed by atoms with E-state index >= 15 is 0 Å². The zero-order chi connectivity index (χ0) is 20.5. The number of amides is 1. The first-order chi connectivity index (χ1) is 14.0. The fourth-order valence-corrected chi connectivity index (χ4v) is 3.45. The summed E-state index contributed by atoms with van der Waals surface area (Å²) in [5, 5.41) is 3.67. The Balaban J connectivity index is 1.56. The Morgan fingerprint density at radius 2 is 2.03 bits per heavy atom. The van der Waals surface area contributed by atoms with Gasteiger partial charge < -0.3 is 14.2 Å². The van der Waals surface area contributed by atoms with Crippen LogP contribution < -0.4 is 4.74 Å². The monoisotopic (exact) mass is 405 g/mol. The van der Waals surface area contributed by atoms with Crippen molar-refractivity contribution in [1.82, 2.24) is 24.2 Å². The number of carbonyl (C=O) groups excluding carboxylic acids is 1. The second-order valence-corrected chi connectivity index (χ2v) is 6.58. The zero-order valence-corrected chi connectivity index (χ0v) is 15.6. The van der Waals surface area contributed by atoms with Crippen LogP contribution in [0.5, 0.6) is 5.75 Å². The van der Waals surface area contributed by atoms with Crippen LogP contribution in [0.4, 0.5) is 13.2 Å². The molecular weight excluding hydrogens is 387 g/mol. The summed E-state index contributed by atoms with van der Waals surface area (Å²) in [4.78, 5) is 19.0. The number of nitrogens with zero attached hydrogens (tertiary/aromatic N) is 5. The fraction of sp³-hybridized carbons (Fsp3) is 0.316. The molecule has 0 saturated carbocycles. The smallest absolute Gasteiger partial charge is 0.333 e. The molecule has 1 amide bonds. The second-order valence-electron chi connectivity index (χ2n) is 6.58. The van der Waals surface area contributed by atoms with Crippen LogP contribution in [0.15, 0.2) is 36.8 Å². The minimum absolute atomic E-state index is 0.178. The van der Waals surface area contributed by atoms with E-state index < -0.39 is 12.4 Å². The molecule has 1 aliphatic heterocycles. The number of halogens is 3. The van der Waals surface area contributed by atoms with Crippen LogP contribution in [0.3, 0.4) is 0 Å². The van der Waals surface area contributed by atoms with Gasteiger partial charge in [0.2, 0.25) is 0 Å². The van der Waals surface area contributed by atoms with Crippen molar-refractivity contribution in [2.45, 2.75) is 19.5 Å². The number of rotatable bonds is 4. The van der Waals surface area contributed by atoms with Crippen LogP contribution in [-0.2, 0) is 13.0 Å². The third-order valence-corrected chi connectivity index (χ3v) is 4.92. The lowest BCUT2D eigenvalue weighted by Crippen LogP contribution is -2.34. The van der Waals surface area contributed by atoms with Crippen LogP contribution >= 0.6 is 0 Å². The quantitative estimate of drug-likeness (QED) is 0.670. The molecule has 10 heteroatoms. The van der Waals surface area contributed by atoms with Crippen molar-refractivity contribution in [1.29, 1.82) is 0 Å². The lowest BCUT2D eigenvalue weighted by atomic mass is 10.1.